The zero-order chi connectivity index (χ0) is 19.5. The summed E-state index contributed by atoms with van der Waals surface area (Å²) in [6.45, 7) is 4.37. The number of fused-ring (bicyclic) bond motifs is 1. The molecule has 0 bridgehead atoms. The van der Waals surface area contributed by atoms with Crippen molar-refractivity contribution in [1.29, 1.82) is 0 Å². The summed E-state index contributed by atoms with van der Waals surface area (Å²) >= 11 is 0. The number of carbonyl (C=O) groups is 1. The summed E-state index contributed by atoms with van der Waals surface area (Å²) in [6.07, 6.45) is 2.96. The summed E-state index contributed by atoms with van der Waals surface area (Å²) in [4.78, 5) is 17.6. The molecular weight excluding hydrogens is 350 g/mol. The number of rotatable bonds is 4. The lowest BCUT2D eigenvalue weighted by Gasteiger charge is -2.22. The van der Waals surface area contributed by atoms with Gasteiger partial charge < -0.3 is 14.2 Å². The zero-order valence-corrected chi connectivity index (χ0v) is 16.6. The van der Waals surface area contributed by atoms with Crippen LogP contribution >= 0.6 is 0 Å². The average Bonchev–Trinajstić information content (AvgIpc) is 2.90. The number of hydrogen-bond donors (Lipinski definition) is 0. The van der Waals surface area contributed by atoms with Gasteiger partial charge >= 0.3 is 0 Å². The quantitative estimate of drug-likeness (QED) is 0.698. The molecule has 0 N–H and O–H groups in total. The van der Waals surface area contributed by atoms with Gasteiger partial charge in [0.05, 0.1) is 12.7 Å². The molecule has 0 saturated carbocycles. The van der Waals surface area contributed by atoms with Gasteiger partial charge in [-0.25, -0.2) is 0 Å². The first-order valence-corrected chi connectivity index (χ1v) is 9.84. The Kier molecular flexibility index (Phi) is 5.35. The summed E-state index contributed by atoms with van der Waals surface area (Å²) in [5.41, 5.74) is 3.18. The van der Waals surface area contributed by atoms with Gasteiger partial charge in [0.25, 0.3) is 5.91 Å². The Hall–Kier alpha value is -2.79. The molecule has 28 heavy (non-hydrogen) atoms. The highest BCUT2D eigenvalue weighted by molar-refractivity contribution is 6.07. The molecule has 1 saturated heterocycles. The molecule has 1 aromatic heterocycles. The minimum Gasteiger partial charge on any atom is -0.497 e. The minimum absolute atomic E-state index is 0.142. The first-order valence-electron chi connectivity index (χ1n) is 9.84. The first-order chi connectivity index (χ1) is 13.7. The molecule has 5 nitrogen and oxygen atoms in total. The van der Waals surface area contributed by atoms with E-state index in [1.807, 2.05) is 53.0 Å². The van der Waals surface area contributed by atoms with Crippen LogP contribution in [0.2, 0.25) is 0 Å². The second-order valence-corrected chi connectivity index (χ2v) is 7.44. The monoisotopic (exact) mass is 377 g/mol. The summed E-state index contributed by atoms with van der Waals surface area (Å²) in [5.74, 6) is 1.02. The Morgan fingerprint density at radius 2 is 1.79 bits per heavy atom. The van der Waals surface area contributed by atoms with E-state index in [0.29, 0.717) is 0 Å². The molecule has 0 unspecified atom stereocenters. The predicted octanol–water partition coefficient (Wildman–Crippen LogP) is 3.54. The van der Waals surface area contributed by atoms with Gasteiger partial charge in [0.15, 0.2) is 0 Å². The number of methoxy groups -OCH3 is 1. The Morgan fingerprint density at radius 1 is 1.00 bits per heavy atom. The van der Waals surface area contributed by atoms with E-state index in [-0.39, 0.29) is 5.91 Å². The maximum absolute atomic E-state index is 13.2. The largest absolute Gasteiger partial charge is 0.497 e. The third-order valence-electron chi connectivity index (χ3n) is 5.57. The molecule has 3 aromatic rings. The van der Waals surface area contributed by atoms with E-state index in [2.05, 4.69) is 23.1 Å². The van der Waals surface area contributed by atoms with E-state index < -0.39 is 0 Å². The van der Waals surface area contributed by atoms with E-state index in [0.717, 1.165) is 61.4 Å². The van der Waals surface area contributed by atoms with E-state index in [1.54, 1.807) is 7.11 Å². The Labute approximate surface area is 166 Å². The first kappa shape index (κ1) is 18.6. The highest BCUT2D eigenvalue weighted by atomic mass is 16.5. The molecule has 0 radical (unpaired) electrons. The lowest BCUT2D eigenvalue weighted by molar-refractivity contribution is 0.0763. The number of ether oxygens (including phenoxy) is 1. The van der Waals surface area contributed by atoms with Crippen molar-refractivity contribution in [3.8, 4) is 5.75 Å². The molecule has 4 rings (SSSR count). The van der Waals surface area contributed by atoms with Crippen molar-refractivity contribution in [3.63, 3.8) is 0 Å². The molecule has 2 heterocycles. The van der Waals surface area contributed by atoms with Gasteiger partial charge in [-0.1, -0.05) is 30.3 Å². The third-order valence-corrected chi connectivity index (χ3v) is 5.57. The van der Waals surface area contributed by atoms with Gasteiger partial charge in [-0.3, -0.25) is 9.69 Å². The lowest BCUT2D eigenvalue weighted by atomic mass is 10.1. The van der Waals surface area contributed by atoms with Crippen LogP contribution in [0.5, 0.6) is 5.75 Å². The maximum atomic E-state index is 13.2. The number of hydrogen-bond acceptors (Lipinski definition) is 3. The highest BCUT2D eigenvalue weighted by Crippen LogP contribution is 2.22. The van der Waals surface area contributed by atoms with Crippen LogP contribution < -0.4 is 4.74 Å². The van der Waals surface area contributed by atoms with Gasteiger partial charge in [-0.2, -0.15) is 0 Å². The smallest absolute Gasteiger partial charge is 0.256 e. The molecule has 0 spiro atoms. The lowest BCUT2D eigenvalue weighted by Crippen LogP contribution is -2.35. The molecule has 146 valence electrons. The van der Waals surface area contributed by atoms with E-state index in [1.165, 1.54) is 5.56 Å². The molecule has 0 aliphatic carbocycles. The average molecular weight is 377 g/mol. The van der Waals surface area contributed by atoms with Crippen molar-refractivity contribution < 1.29 is 9.53 Å². The number of nitrogens with zero attached hydrogens (tertiary/aromatic N) is 3. The van der Waals surface area contributed by atoms with Crippen molar-refractivity contribution in [2.45, 2.75) is 13.0 Å². The number of carbonyl (C=O) groups excluding carboxylic acids is 1. The molecule has 5 heteroatoms. The number of benzene rings is 2. The fourth-order valence-corrected chi connectivity index (χ4v) is 4.00. The van der Waals surface area contributed by atoms with E-state index >= 15 is 0 Å². The number of aromatic nitrogens is 1. The van der Waals surface area contributed by atoms with Crippen LogP contribution in [0.4, 0.5) is 0 Å². The third kappa shape index (κ3) is 3.76. The normalized spacial score (nSPS) is 15.6. The summed E-state index contributed by atoms with van der Waals surface area (Å²) in [5, 5.41) is 1.04. The number of amides is 1. The van der Waals surface area contributed by atoms with Gasteiger partial charge in [0.1, 0.15) is 5.75 Å². The summed E-state index contributed by atoms with van der Waals surface area (Å²) in [6, 6.07) is 16.3. The summed E-state index contributed by atoms with van der Waals surface area (Å²) < 4.78 is 7.27. The molecular formula is C23H27N3O2. The second kappa shape index (κ2) is 8.07. The maximum Gasteiger partial charge on any atom is 0.256 e. The van der Waals surface area contributed by atoms with Crippen LogP contribution in [0.3, 0.4) is 0 Å². The van der Waals surface area contributed by atoms with E-state index in [9.17, 15) is 4.79 Å². The Morgan fingerprint density at radius 3 is 2.57 bits per heavy atom. The van der Waals surface area contributed by atoms with Crippen LogP contribution in [-0.2, 0) is 13.6 Å². The molecule has 0 atom stereocenters. The van der Waals surface area contributed by atoms with Crippen molar-refractivity contribution >= 4 is 16.8 Å². The van der Waals surface area contributed by atoms with E-state index in [4.69, 9.17) is 4.74 Å². The number of para-hydroxylation sites is 1. The van der Waals surface area contributed by atoms with Crippen molar-refractivity contribution in [1.82, 2.24) is 14.4 Å². The van der Waals surface area contributed by atoms with Crippen molar-refractivity contribution in [2.75, 3.05) is 33.3 Å². The topological polar surface area (TPSA) is 37.7 Å². The predicted molar refractivity (Wildman–Crippen MR) is 112 cm³/mol. The van der Waals surface area contributed by atoms with Crippen LogP contribution in [0.1, 0.15) is 22.3 Å². The molecule has 1 aliphatic heterocycles. The van der Waals surface area contributed by atoms with Crippen LogP contribution in [0.15, 0.2) is 54.7 Å². The van der Waals surface area contributed by atoms with Gasteiger partial charge in [-0.05, 0) is 30.2 Å². The molecule has 1 aliphatic rings. The molecule has 1 fully saturated rings. The van der Waals surface area contributed by atoms with Gasteiger partial charge in [0, 0.05) is 56.9 Å². The molecule has 2 aromatic carbocycles. The van der Waals surface area contributed by atoms with Crippen molar-refractivity contribution in [3.05, 3.63) is 65.9 Å². The van der Waals surface area contributed by atoms with Gasteiger partial charge in [0.2, 0.25) is 0 Å². The van der Waals surface area contributed by atoms with Crippen molar-refractivity contribution in [2.24, 2.45) is 7.05 Å². The highest BCUT2D eigenvalue weighted by Gasteiger charge is 2.23. The van der Waals surface area contributed by atoms with Crippen LogP contribution in [-0.4, -0.2) is 53.6 Å². The van der Waals surface area contributed by atoms with Gasteiger partial charge in [-0.15, -0.1) is 0 Å². The summed E-state index contributed by atoms with van der Waals surface area (Å²) in [7, 11) is 3.68. The van der Waals surface area contributed by atoms with Crippen LogP contribution in [0, 0.1) is 0 Å². The Bertz CT molecular complexity index is 962. The van der Waals surface area contributed by atoms with Crippen LogP contribution in [0.25, 0.3) is 10.9 Å². The zero-order valence-electron chi connectivity index (χ0n) is 16.6. The minimum atomic E-state index is 0.142. The fraction of sp³-hybridized carbons (Fsp3) is 0.348. The molecule has 1 amide bonds. The standard InChI is InChI=1S/C23H27N3O2/c1-24-17-21(20-6-3-4-7-22(20)24)23(27)26-13-5-12-25(14-15-26)16-18-8-10-19(28-2)11-9-18/h3-4,6-11,17H,5,12-16H2,1-2H3. The fourth-order valence-electron chi connectivity index (χ4n) is 4.00. The SMILES string of the molecule is COc1ccc(CN2CCCN(C(=O)c3cn(C)c4ccccc34)CC2)cc1. The number of aryl methyl sites for hydroxylation is 1. The second-order valence-electron chi connectivity index (χ2n) is 7.44. The Balaban J connectivity index is 1.43.